The Bertz CT molecular complexity index is 681. The second-order valence-electron chi connectivity index (χ2n) is 6.81. The van der Waals surface area contributed by atoms with Gasteiger partial charge in [0, 0.05) is 10.0 Å². The third-order valence-corrected chi connectivity index (χ3v) is 5.00. The first-order valence-corrected chi connectivity index (χ1v) is 8.33. The smallest absolute Gasteiger partial charge is 0.488 e. The largest absolute Gasteiger partial charge is 0.525 e. The molecule has 0 unspecified atom stereocenters. The number of benzene rings is 1. The van der Waals surface area contributed by atoms with Crippen LogP contribution in [0.1, 0.15) is 33.3 Å². The van der Waals surface area contributed by atoms with Crippen LogP contribution in [-0.4, -0.2) is 24.9 Å². The summed E-state index contributed by atoms with van der Waals surface area (Å²) in [6, 6.07) is 5.74. The molecule has 0 spiro atoms. The van der Waals surface area contributed by atoms with Gasteiger partial charge in [-0.3, -0.25) is 0 Å². The van der Waals surface area contributed by atoms with Gasteiger partial charge in [0.05, 0.1) is 11.2 Å². The topological polar surface area (TPSA) is 27.7 Å². The summed E-state index contributed by atoms with van der Waals surface area (Å²) in [6.07, 6.45) is 3.35. The molecule has 0 atom stereocenters. The van der Waals surface area contributed by atoms with E-state index in [1.165, 1.54) is 6.08 Å². The van der Waals surface area contributed by atoms with Crippen LogP contribution in [0.25, 0.3) is 6.08 Å². The molecule has 0 aromatic heterocycles. The minimum Gasteiger partial charge on any atom is -0.488 e. The molecule has 23 heavy (non-hydrogen) atoms. The molecule has 1 aromatic carbocycles. The van der Waals surface area contributed by atoms with E-state index in [0.29, 0.717) is 6.61 Å². The van der Waals surface area contributed by atoms with Gasteiger partial charge in [-0.15, -0.1) is 0 Å². The lowest BCUT2D eigenvalue weighted by atomic mass is 9.86. The van der Waals surface area contributed by atoms with E-state index >= 15 is 0 Å². The third kappa shape index (κ3) is 3.25. The van der Waals surface area contributed by atoms with Gasteiger partial charge in [-0.1, -0.05) is 15.9 Å². The molecule has 0 N–H and O–H groups in total. The first-order chi connectivity index (χ1) is 10.7. The van der Waals surface area contributed by atoms with Crippen LogP contribution in [0.3, 0.4) is 0 Å². The molecule has 0 radical (unpaired) electrons. The highest BCUT2D eigenvalue weighted by atomic mass is 79.9. The van der Waals surface area contributed by atoms with Gasteiger partial charge in [0.1, 0.15) is 18.1 Å². The SMILES string of the molecule is CC1(C)OB(C(F)=CC2=Cc3cc(Br)ccc3OC2)OC1(C)C. The van der Waals surface area contributed by atoms with Crippen LogP contribution in [0.2, 0.25) is 0 Å². The first kappa shape index (κ1) is 16.7. The Labute approximate surface area is 144 Å². The van der Waals surface area contributed by atoms with Crippen LogP contribution >= 0.6 is 15.9 Å². The van der Waals surface area contributed by atoms with E-state index in [-0.39, 0.29) is 0 Å². The fraction of sp³-hybridized carbons (Fsp3) is 0.412. The van der Waals surface area contributed by atoms with Crippen molar-refractivity contribution < 1.29 is 18.4 Å². The van der Waals surface area contributed by atoms with Gasteiger partial charge in [0.15, 0.2) is 0 Å². The molecule has 0 aliphatic carbocycles. The van der Waals surface area contributed by atoms with Crippen LogP contribution in [-0.2, 0) is 9.31 Å². The lowest BCUT2D eigenvalue weighted by Crippen LogP contribution is -2.41. The summed E-state index contributed by atoms with van der Waals surface area (Å²) < 4.78 is 32.6. The molecule has 0 amide bonds. The zero-order chi connectivity index (χ0) is 16.8. The fourth-order valence-corrected chi connectivity index (χ4v) is 2.83. The highest BCUT2D eigenvalue weighted by molar-refractivity contribution is 9.10. The van der Waals surface area contributed by atoms with E-state index in [2.05, 4.69) is 15.9 Å². The number of hydrogen-bond donors (Lipinski definition) is 0. The van der Waals surface area contributed by atoms with E-state index in [1.807, 2.05) is 52.0 Å². The highest BCUT2D eigenvalue weighted by Gasteiger charge is 2.53. The molecule has 0 saturated carbocycles. The molecule has 0 bridgehead atoms. The van der Waals surface area contributed by atoms with Crippen LogP contribution < -0.4 is 4.74 Å². The van der Waals surface area contributed by atoms with Gasteiger partial charge in [0.25, 0.3) is 0 Å². The van der Waals surface area contributed by atoms with Gasteiger partial charge < -0.3 is 14.0 Å². The molecule has 1 aromatic rings. The normalized spacial score (nSPS) is 22.4. The maximum absolute atomic E-state index is 14.5. The van der Waals surface area contributed by atoms with Crippen LogP contribution in [0.5, 0.6) is 5.75 Å². The number of fused-ring (bicyclic) bond motifs is 1. The average molecular weight is 381 g/mol. The number of ether oxygens (including phenoxy) is 1. The molecular weight excluding hydrogens is 362 g/mol. The quantitative estimate of drug-likeness (QED) is 0.695. The number of hydrogen-bond acceptors (Lipinski definition) is 3. The molecule has 122 valence electrons. The standard InChI is InChI=1S/C17H19BBrFO3/c1-16(2)17(3,4)23-18(22-16)15(20)8-11-7-12-9-13(19)5-6-14(12)21-10-11/h5-9H,10H2,1-4H3. The van der Waals surface area contributed by atoms with E-state index in [0.717, 1.165) is 21.4 Å². The molecule has 3 nitrogen and oxygen atoms in total. The zero-order valence-electron chi connectivity index (χ0n) is 13.7. The summed E-state index contributed by atoms with van der Waals surface area (Å²) in [5.41, 5.74) is 0.0912. The first-order valence-electron chi connectivity index (χ1n) is 7.54. The van der Waals surface area contributed by atoms with Crippen molar-refractivity contribution in [1.82, 2.24) is 0 Å². The second kappa shape index (κ2) is 5.76. The van der Waals surface area contributed by atoms with Crippen LogP contribution in [0, 0.1) is 0 Å². The molecule has 2 aliphatic rings. The molecule has 2 heterocycles. The predicted octanol–water partition coefficient (Wildman–Crippen LogP) is 4.71. The Kier molecular flexibility index (Phi) is 4.19. The third-order valence-electron chi connectivity index (χ3n) is 4.51. The van der Waals surface area contributed by atoms with Gasteiger partial charge >= 0.3 is 7.12 Å². The van der Waals surface area contributed by atoms with E-state index in [1.54, 1.807) is 0 Å². The Morgan fingerprint density at radius 3 is 2.52 bits per heavy atom. The molecule has 6 heteroatoms. The molecular formula is C17H19BBrFO3. The molecule has 1 fully saturated rings. The Morgan fingerprint density at radius 1 is 1.22 bits per heavy atom. The second-order valence-corrected chi connectivity index (χ2v) is 7.72. The van der Waals surface area contributed by atoms with E-state index in [9.17, 15) is 4.39 Å². The van der Waals surface area contributed by atoms with Gasteiger partial charge in [-0.2, -0.15) is 0 Å². The molecule has 2 aliphatic heterocycles. The Balaban J connectivity index is 1.83. The van der Waals surface area contributed by atoms with Gasteiger partial charge in [-0.25, -0.2) is 4.39 Å². The van der Waals surface area contributed by atoms with Crippen molar-refractivity contribution in [2.75, 3.05) is 6.61 Å². The Morgan fingerprint density at radius 2 is 1.87 bits per heavy atom. The lowest BCUT2D eigenvalue weighted by Gasteiger charge is -2.32. The summed E-state index contributed by atoms with van der Waals surface area (Å²) in [6.45, 7) is 7.92. The summed E-state index contributed by atoms with van der Waals surface area (Å²) in [5.74, 6) is 0.793. The van der Waals surface area contributed by atoms with Crippen molar-refractivity contribution in [2.45, 2.75) is 38.9 Å². The van der Waals surface area contributed by atoms with Crippen molar-refractivity contribution in [3.05, 3.63) is 45.6 Å². The van der Waals surface area contributed by atoms with Crippen LogP contribution in [0.15, 0.2) is 40.0 Å². The van der Waals surface area contributed by atoms with Crippen LogP contribution in [0.4, 0.5) is 4.39 Å². The average Bonchev–Trinajstić information content (AvgIpc) is 2.67. The maximum Gasteiger partial charge on any atom is 0.525 e. The summed E-state index contributed by atoms with van der Waals surface area (Å²) in [7, 11) is -0.982. The minimum absolute atomic E-state index is 0.321. The van der Waals surface area contributed by atoms with Crippen molar-refractivity contribution in [2.24, 2.45) is 0 Å². The highest BCUT2D eigenvalue weighted by Crippen LogP contribution is 2.39. The maximum atomic E-state index is 14.5. The van der Waals surface area contributed by atoms with Crippen molar-refractivity contribution in [3.63, 3.8) is 0 Å². The fourth-order valence-electron chi connectivity index (χ4n) is 2.45. The van der Waals surface area contributed by atoms with Crippen molar-refractivity contribution in [1.29, 1.82) is 0 Å². The predicted molar refractivity (Wildman–Crippen MR) is 92.9 cm³/mol. The molecule has 1 saturated heterocycles. The zero-order valence-corrected chi connectivity index (χ0v) is 15.2. The van der Waals surface area contributed by atoms with Crippen molar-refractivity contribution in [3.8, 4) is 5.75 Å². The summed E-state index contributed by atoms with van der Waals surface area (Å²) in [5, 5.41) is 0. The number of halogens is 2. The van der Waals surface area contributed by atoms with Gasteiger partial charge in [-0.05, 0) is 63.6 Å². The minimum atomic E-state index is -0.982. The lowest BCUT2D eigenvalue weighted by molar-refractivity contribution is 0.00578. The summed E-state index contributed by atoms with van der Waals surface area (Å²) >= 11 is 3.43. The van der Waals surface area contributed by atoms with E-state index < -0.39 is 24.0 Å². The van der Waals surface area contributed by atoms with Gasteiger partial charge in [0.2, 0.25) is 0 Å². The summed E-state index contributed by atoms with van der Waals surface area (Å²) in [4.78, 5) is 0. The Hall–Kier alpha value is -1.11. The van der Waals surface area contributed by atoms with Crippen molar-refractivity contribution >= 4 is 29.1 Å². The number of rotatable bonds is 2. The monoisotopic (exact) mass is 380 g/mol. The van der Waals surface area contributed by atoms with E-state index in [4.69, 9.17) is 14.0 Å². The molecule has 3 rings (SSSR count).